The molecule has 0 saturated carbocycles. The van der Waals surface area contributed by atoms with Crippen LogP contribution in [-0.2, 0) is 10.0 Å². The molecule has 0 saturated heterocycles. The number of nitrogens with zero attached hydrogens (tertiary/aromatic N) is 1. The number of sulfonamides is 1. The van der Waals surface area contributed by atoms with E-state index >= 15 is 0 Å². The van der Waals surface area contributed by atoms with Gasteiger partial charge in [0.1, 0.15) is 4.90 Å². The third-order valence-corrected chi connectivity index (χ3v) is 5.43. The summed E-state index contributed by atoms with van der Waals surface area (Å²) >= 11 is 0. The van der Waals surface area contributed by atoms with E-state index < -0.39 is 26.6 Å². The van der Waals surface area contributed by atoms with Crippen LogP contribution in [0.4, 0.5) is 14.5 Å². The monoisotopic (exact) mass is 320 g/mol. The molecule has 0 aromatic heterocycles. The van der Waals surface area contributed by atoms with Crippen molar-refractivity contribution in [2.24, 2.45) is 0 Å². The predicted octanol–water partition coefficient (Wildman–Crippen LogP) is 3.14. The molecule has 1 unspecified atom stereocenters. The lowest BCUT2D eigenvalue weighted by atomic mass is 10.2. The number of anilines is 1. The summed E-state index contributed by atoms with van der Waals surface area (Å²) in [6, 6.07) is 1.44. The molecule has 0 aliphatic heterocycles. The zero-order chi connectivity index (χ0) is 16.2. The maximum atomic E-state index is 13.9. The molecule has 1 rings (SSSR count). The summed E-state index contributed by atoms with van der Waals surface area (Å²) in [4.78, 5) is -0.698. The van der Waals surface area contributed by atoms with Crippen LogP contribution in [-0.4, -0.2) is 25.3 Å². The van der Waals surface area contributed by atoms with E-state index in [1.807, 2.05) is 13.8 Å². The standard InChI is InChI=1S/C14H22F2N2O2S/c1-4-6-7-18(10(3)5-2)21(19,20)13-9-11(17)8-12(15)14(13)16/h8-10H,4-7,17H2,1-3H3. The molecular weight excluding hydrogens is 298 g/mol. The zero-order valence-electron chi connectivity index (χ0n) is 12.6. The Balaban J connectivity index is 3.35. The van der Waals surface area contributed by atoms with E-state index in [9.17, 15) is 17.2 Å². The second-order valence-electron chi connectivity index (χ2n) is 5.04. The van der Waals surface area contributed by atoms with E-state index in [1.165, 1.54) is 4.31 Å². The van der Waals surface area contributed by atoms with Gasteiger partial charge in [-0.05, 0) is 31.9 Å². The molecule has 0 amide bonds. The first-order chi connectivity index (χ1) is 9.75. The Morgan fingerprint density at radius 3 is 2.43 bits per heavy atom. The van der Waals surface area contributed by atoms with Crippen LogP contribution in [0.1, 0.15) is 40.0 Å². The molecule has 7 heteroatoms. The topological polar surface area (TPSA) is 63.4 Å². The third-order valence-electron chi connectivity index (χ3n) is 3.42. The highest BCUT2D eigenvalue weighted by Gasteiger charge is 2.31. The molecule has 0 aliphatic rings. The highest BCUT2D eigenvalue weighted by atomic mass is 32.2. The molecule has 21 heavy (non-hydrogen) atoms. The Labute approximate surface area is 125 Å². The van der Waals surface area contributed by atoms with Gasteiger partial charge in [-0.25, -0.2) is 17.2 Å². The first kappa shape index (κ1) is 17.8. The first-order valence-electron chi connectivity index (χ1n) is 7.02. The predicted molar refractivity (Wildman–Crippen MR) is 79.3 cm³/mol. The van der Waals surface area contributed by atoms with E-state index in [2.05, 4.69) is 0 Å². The number of unbranched alkanes of at least 4 members (excludes halogenated alkanes) is 1. The molecular formula is C14H22F2N2O2S. The minimum Gasteiger partial charge on any atom is -0.399 e. The number of hydrogen-bond donors (Lipinski definition) is 1. The highest BCUT2D eigenvalue weighted by Crippen LogP contribution is 2.26. The maximum Gasteiger partial charge on any atom is 0.246 e. The lowest BCUT2D eigenvalue weighted by molar-refractivity contribution is 0.322. The van der Waals surface area contributed by atoms with Gasteiger partial charge in [0.25, 0.3) is 0 Å². The SMILES string of the molecule is CCCCN(C(C)CC)S(=O)(=O)c1cc(N)cc(F)c1F. The van der Waals surface area contributed by atoms with Crippen LogP contribution in [0.25, 0.3) is 0 Å². The summed E-state index contributed by atoms with van der Waals surface area (Å²) in [6.45, 7) is 5.79. The molecule has 2 N–H and O–H groups in total. The number of nitrogens with two attached hydrogens (primary N) is 1. The van der Waals surface area contributed by atoms with E-state index in [4.69, 9.17) is 5.73 Å². The largest absolute Gasteiger partial charge is 0.399 e. The van der Waals surface area contributed by atoms with E-state index in [0.717, 1.165) is 18.6 Å². The van der Waals surface area contributed by atoms with Crippen LogP contribution in [0, 0.1) is 11.6 Å². The van der Waals surface area contributed by atoms with Gasteiger partial charge in [0.05, 0.1) is 0 Å². The molecule has 120 valence electrons. The number of nitrogen functional groups attached to an aromatic ring is 1. The fourth-order valence-corrected chi connectivity index (χ4v) is 3.85. The van der Waals surface area contributed by atoms with Crippen molar-refractivity contribution in [3.05, 3.63) is 23.8 Å². The molecule has 0 fully saturated rings. The van der Waals surface area contributed by atoms with E-state index in [1.54, 1.807) is 6.92 Å². The van der Waals surface area contributed by atoms with Crippen molar-refractivity contribution in [1.29, 1.82) is 0 Å². The van der Waals surface area contributed by atoms with E-state index in [0.29, 0.717) is 12.8 Å². The highest BCUT2D eigenvalue weighted by molar-refractivity contribution is 7.89. The Bertz CT molecular complexity index is 591. The van der Waals surface area contributed by atoms with Crippen molar-refractivity contribution in [1.82, 2.24) is 4.31 Å². The van der Waals surface area contributed by atoms with Crippen molar-refractivity contribution in [3.8, 4) is 0 Å². The van der Waals surface area contributed by atoms with E-state index in [-0.39, 0.29) is 18.3 Å². The summed E-state index contributed by atoms with van der Waals surface area (Å²) in [6.07, 6.45) is 2.03. The molecule has 0 aliphatic carbocycles. The molecule has 0 heterocycles. The van der Waals surface area contributed by atoms with Gasteiger partial charge in [-0.2, -0.15) is 4.31 Å². The maximum absolute atomic E-state index is 13.9. The quantitative estimate of drug-likeness (QED) is 0.785. The summed E-state index contributed by atoms with van der Waals surface area (Å²) in [5, 5.41) is 0. The second-order valence-corrected chi connectivity index (χ2v) is 6.90. The van der Waals surface area contributed by atoms with Gasteiger partial charge in [0.15, 0.2) is 11.6 Å². The van der Waals surface area contributed by atoms with Gasteiger partial charge in [-0.3, -0.25) is 0 Å². The van der Waals surface area contributed by atoms with Crippen molar-refractivity contribution >= 4 is 15.7 Å². The van der Waals surface area contributed by atoms with Crippen LogP contribution in [0.5, 0.6) is 0 Å². The van der Waals surface area contributed by atoms with Crippen molar-refractivity contribution in [3.63, 3.8) is 0 Å². The van der Waals surface area contributed by atoms with Crippen molar-refractivity contribution in [2.75, 3.05) is 12.3 Å². The van der Waals surface area contributed by atoms with Crippen molar-refractivity contribution < 1.29 is 17.2 Å². The number of benzene rings is 1. The van der Waals surface area contributed by atoms with Crippen LogP contribution < -0.4 is 5.73 Å². The minimum atomic E-state index is -4.12. The van der Waals surface area contributed by atoms with Crippen LogP contribution in [0.3, 0.4) is 0 Å². The average Bonchev–Trinajstić information content (AvgIpc) is 2.42. The van der Waals surface area contributed by atoms with Gasteiger partial charge < -0.3 is 5.73 Å². The summed E-state index contributed by atoms with van der Waals surface area (Å²) < 4.78 is 53.8. The normalized spacial score (nSPS) is 13.6. The molecule has 1 aromatic rings. The molecule has 0 radical (unpaired) electrons. The Kier molecular flexibility index (Phi) is 6.10. The van der Waals surface area contributed by atoms with Crippen molar-refractivity contribution in [2.45, 2.75) is 51.0 Å². The fourth-order valence-electron chi connectivity index (χ4n) is 1.99. The third kappa shape index (κ3) is 3.91. The Morgan fingerprint density at radius 2 is 1.90 bits per heavy atom. The molecule has 4 nitrogen and oxygen atoms in total. The Hall–Kier alpha value is -1.21. The number of hydrogen-bond acceptors (Lipinski definition) is 3. The van der Waals surface area contributed by atoms with Gasteiger partial charge in [-0.15, -0.1) is 0 Å². The van der Waals surface area contributed by atoms with Crippen LogP contribution in [0.2, 0.25) is 0 Å². The van der Waals surface area contributed by atoms with Gasteiger partial charge in [0, 0.05) is 18.3 Å². The van der Waals surface area contributed by atoms with Gasteiger partial charge in [0.2, 0.25) is 10.0 Å². The van der Waals surface area contributed by atoms with Crippen LogP contribution in [0.15, 0.2) is 17.0 Å². The second kappa shape index (κ2) is 7.17. The molecule has 1 aromatic carbocycles. The smallest absolute Gasteiger partial charge is 0.246 e. The zero-order valence-corrected chi connectivity index (χ0v) is 13.4. The lowest BCUT2D eigenvalue weighted by Crippen LogP contribution is -2.39. The van der Waals surface area contributed by atoms with Gasteiger partial charge >= 0.3 is 0 Å². The van der Waals surface area contributed by atoms with Gasteiger partial charge in [-0.1, -0.05) is 20.3 Å². The average molecular weight is 320 g/mol. The summed E-state index contributed by atoms with van der Waals surface area (Å²) in [7, 11) is -4.12. The minimum absolute atomic E-state index is 0.118. The molecule has 0 spiro atoms. The first-order valence-corrected chi connectivity index (χ1v) is 8.46. The number of rotatable bonds is 7. The Morgan fingerprint density at radius 1 is 1.29 bits per heavy atom. The summed E-state index contributed by atoms with van der Waals surface area (Å²) in [5.41, 5.74) is 5.33. The number of halogens is 2. The fraction of sp³-hybridized carbons (Fsp3) is 0.571. The summed E-state index contributed by atoms with van der Waals surface area (Å²) in [5.74, 6) is -2.64. The molecule has 0 bridgehead atoms. The molecule has 1 atom stereocenters. The lowest BCUT2D eigenvalue weighted by Gasteiger charge is -2.28. The van der Waals surface area contributed by atoms with Crippen LogP contribution >= 0.6 is 0 Å².